The molecule has 0 aromatic carbocycles. The highest BCUT2D eigenvalue weighted by atomic mass is 16.7. The van der Waals surface area contributed by atoms with Crippen molar-refractivity contribution < 1.29 is 29.2 Å². The lowest BCUT2D eigenvalue weighted by Crippen LogP contribution is -2.67. The number of fused-ring (bicyclic) bond motifs is 5. The molecule has 4 aliphatic carbocycles. The van der Waals surface area contributed by atoms with Crippen molar-refractivity contribution in [2.75, 3.05) is 6.61 Å². The van der Waals surface area contributed by atoms with Crippen LogP contribution in [0.15, 0.2) is 29.4 Å². The number of rotatable bonds is 2. The molecule has 39 heavy (non-hydrogen) atoms. The van der Waals surface area contributed by atoms with Crippen molar-refractivity contribution in [1.82, 2.24) is 9.78 Å². The quantitative estimate of drug-likeness (QED) is 0.431. The van der Waals surface area contributed by atoms with Crippen LogP contribution in [-0.4, -0.2) is 62.3 Å². The fourth-order valence-electron chi connectivity index (χ4n) is 8.40. The molecule has 8 heteroatoms. The summed E-state index contributed by atoms with van der Waals surface area (Å²) in [6, 6.07) is 1.76. The minimum Gasteiger partial charge on any atom is -0.450 e. The summed E-state index contributed by atoms with van der Waals surface area (Å²) in [6.07, 6.45) is 2.90. The van der Waals surface area contributed by atoms with E-state index in [1.54, 1.807) is 13.1 Å². The molecule has 8 nitrogen and oxygen atoms in total. The Morgan fingerprint density at radius 2 is 1.92 bits per heavy atom. The number of ether oxygens (including phenoxy) is 3. The molecule has 6 rings (SSSR count). The van der Waals surface area contributed by atoms with Crippen molar-refractivity contribution in [2.24, 2.45) is 35.6 Å². The highest BCUT2D eigenvalue weighted by molar-refractivity contribution is 5.88. The van der Waals surface area contributed by atoms with Crippen molar-refractivity contribution in [3.05, 3.63) is 40.8 Å². The van der Waals surface area contributed by atoms with Crippen LogP contribution in [-0.2, 0) is 26.7 Å². The minimum absolute atomic E-state index is 0.117. The molecule has 1 aromatic rings. The first-order valence-corrected chi connectivity index (χ1v) is 14.3. The van der Waals surface area contributed by atoms with Crippen LogP contribution in [0.25, 0.3) is 0 Å². The Kier molecular flexibility index (Phi) is 5.61. The van der Waals surface area contributed by atoms with Crippen LogP contribution in [0.4, 0.5) is 0 Å². The van der Waals surface area contributed by atoms with Crippen LogP contribution in [0, 0.1) is 28.6 Å². The molecule has 2 N–H and O–H groups in total. The van der Waals surface area contributed by atoms with Crippen LogP contribution in [0.1, 0.15) is 84.4 Å². The molecule has 2 bridgehead atoms. The molecule has 2 heterocycles. The van der Waals surface area contributed by atoms with E-state index in [1.807, 2.05) is 47.6 Å². The van der Waals surface area contributed by atoms with E-state index in [2.05, 4.69) is 25.0 Å². The first-order chi connectivity index (χ1) is 17.9. The summed E-state index contributed by atoms with van der Waals surface area (Å²) >= 11 is 0. The van der Waals surface area contributed by atoms with Gasteiger partial charge in [-0.1, -0.05) is 46.8 Å². The second kappa shape index (κ2) is 8.05. The van der Waals surface area contributed by atoms with E-state index in [9.17, 15) is 15.0 Å². The molecule has 214 valence electrons. The van der Waals surface area contributed by atoms with Crippen LogP contribution >= 0.6 is 0 Å². The Morgan fingerprint density at radius 1 is 1.23 bits per heavy atom. The van der Waals surface area contributed by atoms with Crippen molar-refractivity contribution in [3.8, 4) is 0 Å². The molecule has 1 saturated heterocycles. The zero-order chi connectivity index (χ0) is 28.5. The summed E-state index contributed by atoms with van der Waals surface area (Å²) < 4.78 is 20.3. The molecule has 8 atom stereocenters. The Morgan fingerprint density at radius 3 is 2.56 bits per heavy atom. The van der Waals surface area contributed by atoms with Gasteiger partial charge < -0.3 is 24.4 Å². The summed E-state index contributed by atoms with van der Waals surface area (Å²) in [6.45, 7) is 16.5. The average molecular weight is 541 g/mol. The first-order valence-electron chi connectivity index (χ1n) is 14.3. The zero-order valence-corrected chi connectivity index (χ0v) is 24.7. The Bertz CT molecular complexity index is 1280. The van der Waals surface area contributed by atoms with Gasteiger partial charge in [0.15, 0.2) is 11.9 Å². The summed E-state index contributed by atoms with van der Waals surface area (Å²) in [7, 11) is 1.73. The van der Waals surface area contributed by atoms with E-state index < -0.39 is 41.1 Å². The predicted octanol–water partition coefficient (Wildman–Crippen LogP) is 4.06. The van der Waals surface area contributed by atoms with Gasteiger partial charge in [-0.25, -0.2) is 4.79 Å². The fourth-order valence-corrected chi connectivity index (χ4v) is 8.40. The Balaban J connectivity index is 1.45. The number of aryl methyl sites for hydroxylation is 1. The third-order valence-corrected chi connectivity index (χ3v) is 10.6. The van der Waals surface area contributed by atoms with Gasteiger partial charge in [0, 0.05) is 18.4 Å². The predicted molar refractivity (Wildman–Crippen MR) is 145 cm³/mol. The van der Waals surface area contributed by atoms with Crippen LogP contribution < -0.4 is 0 Å². The van der Waals surface area contributed by atoms with E-state index in [0.717, 1.165) is 23.3 Å². The van der Waals surface area contributed by atoms with Gasteiger partial charge in [-0.2, -0.15) is 5.10 Å². The maximum atomic E-state index is 13.7. The third kappa shape index (κ3) is 3.63. The summed E-state index contributed by atoms with van der Waals surface area (Å²) in [5.41, 5.74) is -0.225. The lowest BCUT2D eigenvalue weighted by molar-refractivity contribution is -0.308. The van der Waals surface area contributed by atoms with Crippen LogP contribution in [0.5, 0.6) is 0 Å². The lowest BCUT2D eigenvalue weighted by atomic mass is 9.62. The normalized spacial score (nSPS) is 41.7. The van der Waals surface area contributed by atoms with E-state index in [0.29, 0.717) is 24.0 Å². The molecule has 5 aliphatic rings. The standard InChI is InChI=1S/C31H44N2O6/c1-16-14-30-11-10-19-22(28(19,5)6)18(23(30)34)12-17-15-37-29(7,8)39-25(17)31(30,36)24(16)38-26(35)20-13-21(27(2,3)4)32-33(20)9/h12-14,18-19,22-25,34,36H,10-11,15H2,1-9H3. The maximum Gasteiger partial charge on any atom is 0.357 e. The second-order valence-electron chi connectivity index (χ2n) is 14.8. The van der Waals surface area contributed by atoms with E-state index in [1.165, 1.54) is 4.68 Å². The maximum absolute atomic E-state index is 13.7. The van der Waals surface area contributed by atoms with Crippen molar-refractivity contribution >= 4 is 5.97 Å². The fraction of sp³-hybridized carbons (Fsp3) is 0.742. The zero-order valence-electron chi connectivity index (χ0n) is 24.7. The summed E-state index contributed by atoms with van der Waals surface area (Å²) in [5.74, 6) is -0.908. The van der Waals surface area contributed by atoms with E-state index in [-0.39, 0.29) is 23.4 Å². The molecule has 8 unspecified atom stereocenters. The smallest absolute Gasteiger partial charge is 0.357 e. The molecule has 3 fully saturated rings. The largest absolute Gasteiger partial charge is 0.450 e. The molecule has 1 aromatic heterocycles. The van der Waals surface area contributed by atoms with E-state index in [4.69, 9.17) is 14.2 Å². The lowest BCUT2D eigenvalue weighted by Gasteiger charge is -2.53. The van der Waals surface area contributed by atoms with Gasteiger partial charge in [-0.15, -0.1) is 0 Å². The SMILES string of the molecule is CC1=CC23CCC4C(C(C=C5COC(C)(C)OC5C2(O)C1OC(=O)c1cc(C(C)(C)C)nn1C)C3O)C4(C)C. The molecular weight excluding hydrogens is 496 g/mol. The van der Waals surface area contributed by atoms with Gasteiger partial charge in [-0.05, 0) is 68.1 Å². The Labute approximate surface area is 231 Å². The number of carbonyl (C=O) groups is 1. The molecular formula is C31H44N2O6. The second-order valence-corrected chi connectivity index (χ2v) is 14.8. The van der Waals surface area contributed by atoms with Crippen LogP contribution in [0.2, 0.25) is 0 Å². The number of carbonyl (C=O) groups excluding carboxylic acids is 1. The van der Waals surface area contributed by atoms with E-state index >= 15 is 0 Å². The molecule has 0 radical (unpaired) electrons. The number of nitrogens with zero attached hydrogens (tertiary/aromatic N) is 2. The molecule has 1 aliphatic heterocycles. The highest BCUT2D eigenvalue weighted by Gasteiger charge is 2.75. The highest BCUT2D eigenvalue weighted by Crippen LogP contribution is 2.72. The van der Waals surface area contributed by atoms with Gasteiger partial charge in [0.1, 0.15) is 17.4 Å². The van der Waals surface area contributed by atoms with Gasteiger partial charge in [-0.3, -0.25) is 4.68 Å². The number of aliphatic hydroxyl groups is 2. The topological polar surface area (TPSA) is 103 Å². The molecule has 1 spiro atoms. The number of esters is 1. The minimum atomic E-state index is -1.71. The number of hydrogen-bond donors (Lipinski definition) is 2. The molecule has 0 amide bonds. The number of hydrogen-bond acceptors (Lipinski definition) is 7. The van der Waals surface area contributed by atoms with Crippen molar-refractivity contribution in [3.63, 3.8) is 0 Å². The van der Waals surface area contributed by atoms with Gasteiger partial charge in [0.2, 0.25) is 0 Å². The average Bonchev–Trinajstić information content (AvgIpc) is 3.09. The molecule has 2 saturated carbocycles. The van der Waals surface area contributed by atoms with Crippen LogP contribution in [0.3, 0.4) is 0 Å². The monoisotopic (exact) mass is 540 g/mol. The number of aromatic nitrogens is 2. The van der Waals surface area contributed by atoms with Gasteiger partial charge in [0.25, 0.3) is 0 Å². The first kappa shape index (κ1) is 27.2. The third-order valence-electron chi connectivity index (χ3n) is 10.6. The Hall–Kier alpha value is -2.00. The summed E-state index contributed by atoms with van der Waals surface area (Å²) in [5, 5.41) is 29.8. The van der Waals surface area contributed by atoms with Gasteiger partial charge >= 0.3 is 5.97 Å². The van der Waals surface area contributed by atoms with Crippen molar-refractivity contribution in [1.29, 1.82) is 0 Å². The summed E-state index contributed by atoms with van der Waals surface area (Å²) in [4.78, 5) is 13.7. The number of aliphatic hydroxyl groups excluding tert-OH is 1. The van der Waals surface area contributed by atoms with Crippen molar-refractivity contribution in [2.45, 2.75) is 103 Å². The van der Waals surface area contributed by atoms with Gasteiger partial charge in [0.05, 0.1) is 23.8 Å².